The molecule has 0 spiro atoms. The normalized spacial score (nSPS) is 44.6. The number of carbonyl (C=O) groups is 1. The van der Waals surface area contributed by atoms with Crippen LogP contribution in [0.15, 0.2) is 36.6 Å². The Morgan fingerprint density at radius 1 is 1.00 bits per heavy atom. The van der Waals surface area contributed by atoms with Crippen LogP contribution in [0, 0.1) is 11.8 Å². The van der Waals surface area contributed by atoms with Gasteiger partial charge in [0.15, 0.2) is 6.29 Å². The summed E-state index contributed by atoms with van der Waals surface area (Å²) in [6, 6.07) is 5.33. The van der Waals surface area contributed by atoms with Gasteiger partial charge in [-0.2, -0.15) is 0 Å². The zero-order chi connectivity index (χ0) is 24.2. The Balaban J connectivity index is 1.26. The van der Waals surface area contributed by atoms with E-state index in [1.165, 1.54) is 30.5 Å². The van der Waals surface area contributed by atoms with Crippen molar-refractivity contribution in [2.24, 2.45) is 11.8 Å². The predicted octanol–water partition coefficient (Wildman–Crippen LogP) is -2.02. The molecule has 2 saturated heterocycles. The van der Waals surface area contributed by atoms with E-state index >= 15 is 0 Å². The van der Waals surface area contributed by atoms with Crippen molar-refractivity contribution in [3.8, 4) is 5.75 Å². The van der Waals surface area contributed by atoms with Gasteiger partial charge < -0.3 is 54.3 Å². The van der Waals surface area contributed by atoms with Crippen molar-refractivity contribution in [2.45, 2.75) is 54.8 Å². The minimum absolute atomic E-state index is 0.0256. The maximum atomic E-state index is 12.2. The minimum atomic E-state index is -1.68. The van der Waals surface area contributed by atoms with E-state index in [1.807, 2.05) is 0 Å². The summed E-state index contributed by atoms with van der Waals surface area (Å²) >= 11 is 0. The van der Waals surface area contributed by atoms with Gasteiger partial charge in [-0.05, 0) is 30.3 Å². The molecule has 6 N–H and O–H groups in total. The molecule has 34 heavy (non-hydrogen) atoms. The SMILES string of the molecule is O=C(OCC1OC(OC2OC=CC3C(O)C4OC4(CO)C23)C(O)C(O)C1O)c1ccc(O)cc1. The molecule has 0 amide bonds. The van der Waals surface area contributed by atoms with Gasteiger partial charge in [-0.1, -0.05) is 0 Å². The molecule has 0 radical (unpaired) electrons. The van der Waals surface area contributed by atoms with E-state index in [0.29, 0.717) is 0 Å². The highest BCUT2D eigenvalue weighted by Gasteiger charge is 2.75. The van der Waals surface area contributed by atoms with Crippen molar-refractivity contribution in [1.29, 1.82) is 0 Å². The van der Waals surface area contributed by atoms with Crippen LogP contribution in [0.2, 0.25) is 0 Å². The third-order valence-electron chi connectivity index (χ3n) is 6.93. The van der Waals surface area contributed by atoms with Crippen molar-refractivity contribution in [3.05, 3.63) is 42.2 Å². The second-order valence-corrected chi connectivity index (χ2v) is 8.87. The molecule has 1 aromatic rings. The molecule has 1 aromatic carbocycles. The first-order valence-corrected chi connectivity index (χ1v) is 10.9. The van der Waals surface area contributed by atoms with Crippen LogP contribution in [0.25, 0.3) is 0 Å². The first kappa shape index (κ1) is 23.5. The number of benzene rings is 1. The molecule has 1 saturated carbocycles. The fourth-order valence-corrected chi connectivity index (χ4v) is 5.00. The Bertz CT molecular complexity index is 936. The molecule has 5 rings (SSSR count). The number of hydrogen-bond acceptors (Lipinski definition) is 12. The van der Waals surface area contributed by atoms with Crippen molar-refractivity contribution in [2.75, 3.05) is 13.2 Å². The standard InChI is InChI=1S/C22H26O12/c23-8-22-13-11(14(25)18(22)34-22)5-6-30-20(13)33-21-17(28)16(27)15(26)12(32-21)7-31-19(29)9-1-3-10(24)4-2-9/h1-6,11-18,20-21,23-28H,7-8H2. The van der Waals surface area contributed by atoms with Crippen LogP contribution in [0.5, 0.6) is 5.75 Å². The van der Waals surface area contributed by atoms with E-state index < -0.39 is 79.2 Å². The van der Waals surface area contributed by atoms with Gasteiger partial charge in [-0.3, -0.25) is 0 Å². The molecule has 12 nitrogen and oxygen atoms in total. The number of hydrogen-bond donors (Lipinski definition) is 6. The smallest absolute Gasteiger partial charge is 0.338 e. The maximum Gasteiger partial charge on any atom is 0.338 e. The lowest BCUT2D eigenvalue weighted by atomic mass is 9.85. The van der Waals surface area contributed by atoms with Gasteiger partial charge >= 0.3 is 5.97 Å². The largest absolute Gasteiger partial charge is 0.508 e. The predicted molar refractivity (Wildman–Crippen MR) is 108 cm³/mol. The van der Waals surface area contributed by atoms with Gasteiger partial charge in [0.1, 0.15) is 48.5 Å². The molecule has 4 aliphatic rings. The zero-order valence-electron chi connectivity index (χ0n) is 17.8. The minimum Gasteiger partial charge on any atom is -0.508 e. The first-order chi connectivity index (χ1) is 16.3. The van der Waals surface area contributed by atoms with Crippen LogP contribution in [-0.4, -0.2) is 105 Å². The van der Waals surface area contributed by atoms with E-state index in [-0.39, 0.29) is 17.9 Å². The Morgan fingerprint density at radius 3 is 2.44 bits per heavy atom. The number of phenols is 1. The van der Waals surface area contributed by atoms with Crippen LogP contribution in [-0.2, 0) is 23.7 Å². The molecular formula is C22H26O12. The molecular weight excluding hydrogens is 456 g/mol. The third-order valence-corrected chi connectivity index (χ3v) is 6.93. The van der Waals surface area contributed by atoms with E-state index in [4.69, 9.17) is 23.7 Å². The Morgan fingerprint density at radius 2 is 1.74 bits per heavy atom. The number of ether oxygens (including phenoxy) is 5. The van der Waals surface area contributed by atoms with Crippen molar-refractivity contribution in [1.82, 2.24) is 0 Å². The van der Waals surface area contributed by atoms with E-state index in [2.05, 4.69) is 0 Å². The molecule has 0 aromatic heterocycles. The van der Waals surface area contributed by atoms with Gasteiger partial charge in [-0.15, -0.1) is 0 Å². The lowest BCUT2D eigenvalue weighted by Crippen LogP contribution is -2.60. The van der Waals surface area contributed by atoms with Gasteiger partial charge in [0, 0.05) is 5.92 Å². The fourth-order valence-electron chi connectivity index (χ4n) is 5.00. The Hall–Kier alpha value is -2.29. The summed E-state index contributed by atoms with van der Waals surface area (Å²) in [5, 5.41) is 60.7. The molecule has 3 aliphatic heterocycles. The highest BCUT2D eigenvalue weighted by Crippen LogP contribution is 2.59. The maximum absolute atomic E-state index is 12.2. The highest BCUT2D eigenvalue weighted by molar-refractivity contribution is 5.89. The second kappa shape index (κ2) is 8.73. The van der Waals surface area contributed by atoms with Crippen LogP contribution < -0.4 is 0 Å². The second-order valence-electron chi connectivity index (χ2n) is 8.87. The zero-order valence-corrected chi connectivity index (χ0v) is 17.8. The number of aliphatic hydroxyl groups is 5. The summed E-state index contributed by atoms with van der Waals surface area (Å²) in [7, 11) is 0. The lowest BCUT2D eigenvalue weighted by molar-refractivity contribution is -0.344. The number of fused-ring (bicyclic) bond motifs is 3. The van der Waals surface area contributed by atoms with E-state index in [9.17, 15) is 35.4 Å². The highest BCUT2D eigenvalue weighted by atomic mass is 16.8. The van der Waals surface area contributed by atoms with Crippen LogP contribution in [0.4, 0.5) is 0 Å². The van der Waals surface area contributed by atoms with Gasteiger partial charge in [-0.25, -0.2) is 4.79 Å². The Labute approximate surface area is 193 Å². The monoisotopic (exact) mass is 482 g/mol. The fraction of sp³-hybridized carbons (Fsp3) is 0.591. The molecule has 3 fully saturated rings. The average Bonchev–Trinajstić information content (AvgIpc) is 3.53. The number of rotatable bonds is 6. The molecule has 0 bridgehead atoms. The lowest BCUT2D eigenvalue weighted by Gasteiger charge is -2.43. The molecule has 186 valence electrons. The van der Waals surface area contributed by atoms with E-state index in [0.717, 1.165) is 0 Å². The summed E-state index contributed by atoms with van der Waals surface area (Å²) in [6.45, 7) is -0.843. The molecule has 1 aliphatic carbocycles. The summed E-state index contributed by atoms with van der Waals surface area (Å²) in [5.74, 6) is -1.82. The topological polar surface area (TPSA) is 188 Å². The average molecular weight is 482 g/mol. The van der Waals surface area contributed by atoms with Gasteiger partial charge in [0.05, 0.1) is 30.5 Å². The Kier molecular flexibility index (Phi) is 6.02. The van der Waals surface area contributed by atoms with Crippen molar-refractivity contribution >= 4 is 5.97 Å². The van der Waals surface area contributed by atoms with Crippen LogP contribution >= 0.6 is 0 Å². The van der Waals surface area contributed by atoms with Crippen molar-refractivity contribution < 1.29 is 59.1 Å². The molecule has 11 unspecified atom stereocenters. The summed E-state index contributed by atoms with van der Waals surface area (Å²) < 4.78 is 27.6. The number of aliphatic hydroxyl groups excluding tert-OH is 5. The van der Waals surface area contributed by atoms with Crippen molar-refractivity contribution in [3.63, 3.8) is 0 Å². The van der Waals surface area contributed by atoms with Crippen LogP contribution in [0.1, 0.15) is 10.4 Å². The van der Waals surface area contributed by atoms with Crippen LogP contribution in [0.3, 0.4) is 0 Å². The summed E-state index contributed by atoms with van der Waals surface area (Å²) in [5.41, 5.74) is -0.908. The summed E-state index contributed by atoms with van der Waals surface area (Å²) in [4.78, 5) is 12.2. The van der Waals surface area contributed by atoms with E-state index in [1.54, 1.807) is 6.08 Å². The third kappa shape index (κ3) is 3.76. The number of epoxide rings is 1. The first-order valence-electron chi connectivity index (χ1n) is 10.9. The summed E-state index contributed by atoms with van der Waals surface area (Å²) in [6.07, 6.45) is -7.25. The quantitative estimate of drug-likeness (QED) is 0.193. The van der Waals surface area contributed by atoms with Gasteiger partial charge in [0.25, 0.3) is 0 Å². The molecule has 12 heteroatoms. The number of aromatic hydroxyl groups is 1. The molecule has 3 heterocycles. The van der Waals surface area contributed by atoms with Gasteiger partial charge in [0.2, 0.25) is 6.29 Å². The number of phenolic OH excluding ortho intramolecular Hbond substituents is 1. The molecule has 11 atom stereocenters. The number of carbonyl (C=O) groups excluding carboxylic acids is 1. The number of esters is 1.